The van der Waals surface area contributed by atoms with Crippen molar-refractivity contribution in [2.24, 2.45) is 5.41 Å². The van der Waals surface area contributed by atoms with Gasteiger partial charge in [-0.05, 0) is 32.9 Å². The highest BCUT2D eigenvalue weighted by Crippen LogP contribution is 2.37. The lowest BCUT2D eigenvalue weighted by Gasteiger charge is -2.27. The molecule has 0 saturated carbocycles. The van der Waals surface area contributed by atoms with Crippen LogP contribution < -0.4 is 9.80 Å². The van der Waals surface area contributed by atoms with Crippen LogP contribution in [-0.2, 0) is 9.59 Å². The molecule has 5 heteroatoms. The van der Waals surface area contributed by atoms with Crippen LogP contribution in [0.4, 0.5) is 11.4 Å². The van der Waals surface area contributed by atoms with Gasteiger partial charge in [-0.3, -0.25) is 9.59 Å². The molecule has 0 fully saturated rings. The molecule has 0 bridgehead atoms. The third-order valence-corrected chi connectivity index (χ3v) is 3.47. The number of carbonyl (C=O) groups is 2. The molecule has 0 spiro atoms. The minimum atomic E-state index is -1.02. The molecule has 0 unspecified atom stereocenters. The van der Waals surface area contributed by atoms with Crippen LogP contribution in [0.1, 0.15) is 20.8 Å². The van der Waals surface area contributed by atoms with Crippen molar-refractivity contribution in [3.63, 3.8) is 0 Å². The summed E-state index contributed by atoms with van der Waals surface area (Å²) in [5.41, 5.74) is 0.554. The summed E-state index contributed by atoms with van der Waals surface area (Å²) < 4.78 is 0. The van der Waals surface area contributed by atoms with Gasteiger partial charge in [-0.15, -0.1) is 12.4 Å². The van der Waals surface area contributed by atoms with Gasteiger partial charge >= 0.3 is 0 Å². The largest absolute Gasteiger partial charge is 0.313 e. The number of benzene rings is 1. The Labute approximate surface area is 119 Å². The fourth-order valence-corrected chi connectivity index (χ4v) is 2.36. The molecule has 1 aliphatic rings. The molecule has 0 N–H and O–H groups in total. The second-order valence-corrected chi connectivity index (χ2v) is 5.03. The number of hydrogen-bond donors (Lipinski definition) is 0. The molecule has 0 atom stereocenters. The van der Waals surface area contributed by atoms with E-state index in [9.17, 15) is 9.59 Å². The maximum atomic E-state index is 12.5. The van der Waals surface area contributed by atoms with Crippen LogP contribution >= 0.6 is 12.4 Å². The number of amides is 2. The summed E-state index contributed by atoms with van der Waals surface area (Å²) in [6.07, 6.45) is 0. The molecule has 104 valence electrons. The minimum Gasteiger partial charge on any atom is -0.313 e. The smallest absolute Gasteiger partial charge is 0.242 e. The lowest BCUT2D eigenvalue weighted by atomic mass is 9.90. The summed E-state index contributed by atoms with van der Waals surface area (Å²) in [6, 6.07) is 7.50. The molecule has 19 heavy (non-hydrogen) atoms. The Morgan fingerprint density at radius 1 is 1.05 bits per heavy atom. The van der Waals surface area contributed by atoms with Crippen LogP contribution in [0.5, 0.6) is 0 Å². The van der Waals surface area contributed by atoms with Crippen molar-refractivity contribution in [3.8, 4) is 0 Å². The molecule has 0 saturated heterocycles. The van der Waals surface area contributed by atoms with Gasteiger partial charge in [0.1, 0.15) is 5.41 Å². The van der Waals surface area contributed by atoms with E-state index in [1.54, 1.807) is 30.7 Å². The van der Waals surface area contributed by atoms with Gasteiger partial charge in [0.15, 0.2) is 0 Å². The molecule has 1 aromatic rings. The quantitative estimate of drug-likeness (QED) is 0.743. The van der Waals surface area contributed by atoms with Gasteiger partial charge in [0, 0.05) is 13.6 Å². The van der Waals surface area contributed by atoms with Gasteiger partial charge in [0.05, 0.1) is 11.4 Å². The zero-order valence-electron chi connectivity index (χ0n) is 11.6. The van der Waals surface area contributed by atoms with E-state index in [1.165, 1.54) is 0 Å². The minimum absolute atomic E-state index is 0. The van der Waals surface area contributed by atoms with Crippen molar-refractivity contribution >= 4 is 35.6 Å². The highest BCUT2D eigenvalue weighted by atomic mass is 35.5. The first kappa shape index (κ1) is 15.5. The molecule has 0 aromatic heterocycles. The van der Waals surface area contributed by atoms with Crippen molar-refractivity contribution in [1.29, 1.82) is 0 Å². The average Bonchev–Trinajstić information content (AvgIpc) is 2.42. The highest BCUT2D eigenvalue weighted by molar-refractivity contribution is 6.19. The second-order valence-electron chi connectivity index (χ2n) is 5.03. The standard InChI is InChI=1S/C14H18N2O2.ClH/c1-5-16-11-9-7-6-8-10(11)15(4)12(17)14(2,3)13(16)18;/h6-9H,5H2,1-4H3;1H. The van der Waals surface area contributed by atoms with Gasteiger partial charge in [0.25, 0.3) is 0 Å². The van der Waals surface area contributed by atoms with E-state index < -0.39 is 5.41 Å². The summed E-state index contributed by atoms with van der Waals surface area (Å²) in [6.45, 7) is 5.84. The number of para-hydroxylation sites is 2. The predicted molar refractivity (Wildman–Crippen MR) is 78.9 cm³/mol. The summed E-state index contributed by atoms with van der Waals surface area (Å²) in [5, 5.41) is 0. The van der Waals surface area contributed by atoms with Crippen molar-refractivity contribution in [2.45, 2.75) is 20.8 Å². The van der Waals surface area contributed by atoms with Crippen LogP contribution in [0.25, 0.3) is 0 Å². The molecule has 1 heterocycles. The second kappa shape index (κ2) is 5.21. The normalized spacial score (nSPS) is 17.7. The van der Waals surface area contributed by atoms with Gasteiger partial charge < -0.3 is 9.80 Å². The van der Waals surface area contributed by atoms with E-state index in [-0.39, 0.29) is 24.2 Å². The molecule has 0 radical (unpaired) electrons. The maximum absolute atomic E-state index is 12.5. The molecule has 4 nitrogen and oxygen atoms in total. The Morgan fingerprint density at radius 2 is 1.58 bits per heavy atom. The van der Waals surface area contributed by atoms with Crippen LogP contribution in [0.3, 0.4) is 0 Å². The number of rotatable bonds is 1. The van der Waals surface area contributed by atoms with Crippen LogP contribution in [0, 0.1) is 5.41 Å². The monoisotopic (exact) mass is 282 g/mol. The summed E-state index contributed by atoms with van der Waals surface area (Å²) in [5.74, 6) is -0.317. The number of hydrogen-bond acceptors (Lipinski definition) is 2. The van der Waals surface area contributed by atoms with Crippen LogP contribution in [0.2, 0.25) is 0 Å². The fraction of sp³-hybridized carbons (Fsp3) is 0.429. The Balaban J connectivity index is 0.00000180. The number of fused-ring (bicyclic) bond motifs is 1. The molecule has 2 rings (SSSR count). The number of carbonyl (C=O) groups excluding carboxylic acids is 2. The van der Waals surface area contributed by atoms with Gasteiger partial charge in [0.2, 0.25) is 11.8 Å². The summed E-state index contributed by atoms with van der Waals surface area (Å²) in [7, 11) is 1.72. The third-order valence-electron chi connectivity index (χ3n) is 3.47. The first-order valence-electron chi connectivity index (χ1n) is 6.10. The zero-order valence-corrected chi connectivity index (χ0v) is 12.5. The lowest BCUT2D eigenvalue weighted by molar-refractivity contribution is -0.137. The summed E-state index contributed by atoms with van der Waals surface area (Å²) >= 11 is 0. The van der Waals surface area contributed by atoms with E-state index in [0.717, 1.165) is 11.4 Å². The Morgan fingerprint density at radius 3 is 2.11 bits per heavy atom. The van der Waals surface area contributed by atoms with Gasteiger partial charge in [-0.25, -0.2) is 0 Å². The van der Waals surface area contributed by atoms with Gasteiger partial charge in [-0.2, -0.15) is 0 Å². The van der Waals surface area contributed by atoms with E-state index in [2.05, 4.69) is 0 Å². The van der Waals surface area contributed by atoms with Crippen molar-refractivity contribution < 1.29 is 9.59 Å². The van der Waals surface area contributed by atoms with Crippen molar-refractivity contribution in [1.82, 2.24) is 0 Å². The SMILES string of the molecule is CCN1C(=O)C(C)(C)C(=O)N(C)c2ccccc21.Cl. The first-order chi connectivity index (χ1) is 8.41. The highest BCUT2D eigenvalue weighted by Gasteiger charge is 2.44. The number of anilines is 2. The average molecular weight is 283 g/mol. The molecule has 1 aromatic carbocycles. The maximum Gasteiger partial charge on any atom is 0.242 e. The van der Waals surface area contributed by atoms with Crippen LogP contribution in [0.15, 0.2) is 24.3 Å². The lowest BCUT2D eigenvalue weighted by Crippen LogP contribution is -2.47. The van der Waals surface area contributed by atoms with E-state index >= 15 is 0 Å². The predicted octanol–water partition coefficient (Wildman–Crippen LogP) is 2.46. The van der Waals surface area contributed by atoms with E-state index in [0.29, 0.717) is 6.54 Å². The van der Waals surface area contributed by atoms with E-state index in [4.69, 9.17) is 0 Å². The first-order valence-corrected chi connectivity index (χ1v) is 6.10. The topological polar surface area (TPSA) is 40.6 Å². The Bertz CT molecular complexity index is 514. The number of halogens is 1. The molecular weight excluding hydrogens is 264 g/mol. The van der Waals surface area contributed by atoms with Crippen molar-refractivity contribution in [3.05, 3.63) is 24.3 Å². The Hall–Kier alpha value is -1.55. The number of nitrogens with zero attached hydrogens (tertiary/aromatic N) is 2. The summed E-state index contributed by atoms with van der Waals surface area (Å²) in [4.78, 5) is 28.1. The Kier molecular flexibility index (Phi) is 4.25. The van der Waals surface area contributed by atoms with E-state index in [1.807, 2.05) is 31.2 Å². The van der Waals surface area contributed by atoms with Gasteiger partial charge in [-0.1, -0.05) is 12.1 Å². The molecular formula is C14H19ClN2O2. The molecule has 2 amide bonds. The van der Waals surface area contributed by atoms with Crippen LogP contribution in [-0.4, -0.2) is 25.4 Å². The molecule has 0 aliphatic carbocycles. The third kappa shape index (κ3) is 2.21. The molecule has 1 aliphatic heterocycles. The zero-order chi connectivity index (χ0) is 13.5. The van der Waals surface area contributed by atoms with Crippen molar-refractivity contribution in [2.75, 3.05) is 23.4 Å². The fourth-order valence-electron chi connectivity index (χ4n) is 2.36.